The Bertz CT molecular complexity index is 773. The Labute approximate surface area is 152 Å². The van der Waals surface area contributed by atoms with Crippen LogP contribution in [0, 0.1) is 16.0 Å². The summed E-state index contributed by atoms with van der Waals surface area (Å²) in [5.41, 5.74) is 2.16. The summed E-state index contributed by atoms with van der Waals surface area (Å²) in [4.78, 5) is 22.7. The molecule has 6 heteroatoms. The summed E-state index contributed by atoms with van der Waals surface area (Å²) in [6.45, 7) is 6.21. The number of halogens is 1. The highest BCUT2D eigenvalue weighted by atomic mass is 35.5. The fourth-order valence-corrected chi connectivity index (χ4v) is 2.76. The van der Waals surface area contributed by atoms with E-state index in [9.17, 15) is 14.9 Å². The Kier molecular flexibility index (Phi) is 6.15. The third kappa shape index (κ3) is 5.03. The van der Waals surface area contributed by atoms with Crippen LogP contribution in [0.1, 0.15) is 48.3 Å². The molecule has 0 radical (unpaired) electrons. The van der Waals surface area contributed by atoms with Crippen LogP contribution in [0.15, 0.2) is 42.5 Å². The lowest BCUT2D eigenvalue weighted by molar-refractivity contribution is -0.384. The van der Waals surface area contributed by atoms with Gasteiger partial charge in [0.25, 0.3) is 11.6 Å². The molecule has 0 saturated carbocycles. The molecule has 0 bridgehead atoms. The Morgan fingerprint density at radius 1 is 1.16 bits per heavy atom. The zero-order valence-corrected chi connectivity index (χ0v) is 15.2. The highest BCUT2D eigenvalue weighted by Crippen LogP contribution is 2.25. The number of benzene rings is 2. The molecular weight excluding hydrogens is 340 g/mol. The van der Waals surface area contributed by atoms with Gasteiger partial charge in [-0.1, -0.05) is 49.7 Å². The van der Waals surface area contributed by atoms with Crippen molar-refractivity contribution in [2.45, 2.75) is 33.2 Å². The van der Waals surface area contributed by atoms with Gasteiger partial charge < -0.3 is 5.32 Å². The maximum absolute atomic E-state index is 12.4. The van der Waals surface area contributed by atoms with Gasteiger partial charge in [0.15, 0.2) is 0 Å². The first-order chi connectivity index (χ1) is 11.8. The fraction of sp³-hybridized carbons (Fsp3) is 0.316. The predicted molar refractivity (Wildman–Crippen MR) is 99.0 cm³/mol. The number of nitrogens with one attached hydrogen (secondary N) is 1. The Hall–Kier alpha value is -2.40. The number of amides is 1. The Balaban J connectivity index is 2.09. The summed E-state index contributed by atoms with van der Waals surface area (Å²) in [5, 5.41) is 13.8. The van der Waals surface area contributed by atoms with E-state index in [0.717, 1.165) is 12.0 Å². The lowest BCUT2D eigenvalue weighted by Gasteiger charge is -2.15. The van der Waals surface area contributed by atoms with E-state index in [1.807, 2.05) is 19.1 Å². The van der Waals surface area contributed by atoms with E-state index in [4.69, 9.17) is 11.6 Å². The first kappa shape index (κ1) is 18.9. The lowest BCUT2D eigenvalue weighted by atomic mass is 10.00. The highest BCUT2D eigenvalue weighted by Gasteiger charge is 2.18. The van der Waals surface area contributed by atoms with E-state index in [2.05, 4.69) is 31.3 Å². The molecule has 132 valence electrons. The summed E-state index contributed by atoms with van der Waals surface area (Å²) in [5.74, 6) is 0.210. The van der Waals surface area contributed by atoms with Crippen LogP contribution in [0.4, 0.5) is 5.69 Å². The van der Waals surface area contributed by atoms with E-state index in [1.54, 1.807) is 0 Å². The van der Waals surface area contributed by atoms with Gasteiger partial charge in [-0.3, -0.25) is 14.9 Å². The molecule has 0 aromatic heterocycles. The number of carbonyl (C=O) groups is 1. The highest BCUT2D eigenvalue weighted by molar-refractivity contribution is 6.32. The number of rotatable bonds is 6. The molecule has 1 amide bonds. The second-order valence-electron chi connectivity index (χ2n) is 6.46. The van der Waals surface area contributed by atoms with Crippen molar-refractivity contribution in [2.24, 2.45) is 5.92 Å². The molecule has 0 fully saturated rings. The minimum Gasteiger partial charge on any atom is -0.346 e. The van der Waals surface area contributed by atoms with Crippen molar-refractivity contribution in [1.29, 1.82) is 0 Å². The van der Waals surface area contributed by atoms with Crippen LogP contribution in [0.25, 0.3) is 0 Å². The predicted octanol–water partition coefficient (Wildman–Crippen LogP) is 4.94. The van der Waals surface area contributed by atoms with Gasteiger partial charge in [-0.2, -0.15) is 0 Å². The number of nitrogens with zero attached hydrogens (tertiary/aromatic N) is 1. The van der Waals surface area contributed by atoms with Crippen molar-refractivity contribution in [3.63, 3.8) is 0 Å². The van der Waals surface area contributed by atoms with Gasteiger partial charge in [0.2, 0.25) is 0 Å². The molecule has 25 heavy (non-hydrogen) atoms. The molecule has 0 aliphatic heterocycles. The third-order valence-electron chi connectivity index (χ3n) is 3.88. The summed E-state index contributed by atoms with van der Waals surface area (Å²) >= 11 is 5.77. The maximum atomic E-state index is 12.4. The van der Waals surface area contributed by atoms with E-state index >= 15 is 0 Å². The molecular formula is C19H21ClN2O3. The summed E-state index contributed by atoms with van der Waals surface area (Å²) in [6.07, 6.45) is 1.01. The molecule has 0 aliphatic carbocycles. The molecule has 1 atom stereocenters. The molecule has 0 heterocycles. The molecule has 2 rings (SSSR count). The van der Waals surface area contributed by atoms with Crippen LogP contribution in [-0.4, -0.2) is 10.8 Å². The summed E-state index contributed by atoms with van der Waals surface area (Å²) in [6, 6.07) is 11.9. The third-order valence-corrected chi connectivity index (χ3v) is 4.20. The molecule has 0 saturated heterocycles. The zero-order valence-electron chi connectivity index (χ0n) is 14.5. The maximum Gasteiger partial charge on any atom is 0.288 e. The normalized spacial score (nSPS) is 12.0. The van der Waals surface area contributed by atoms with Gasteiger partial charge in [-0.15, -0.1) is 0 Å². The first-order valence-electron chi connectivity index (χ1n) is 8.11. The van der Waals surface area contributed by atoms with Crippen molar-refractivity contribution in [3.8, 4) is 0 Å². The smallest absolute Gasteiger partial charge is 0.288 e. The average molecular weight is 361 g/mol. The Morgan fingerprint density at radius 3 is 2.36 bits per heavy atom. The van der Waals surface area contributed by atoms with Crippen LogP contribution in [0.3, 0.4) is 0 Å². The van der Waals surface area contributed by atoms with E-state index < -0.39 is 4.92 Å². The van der Waals surface area contributed by atoms with Crippen LogP contribution in [0.2, 0.25) is 5.02 Å². The number of nitro benzene ring substituents is 1. The Morgan fingerprint density at radius 2 is 1.80 bits per heavy atom. The first-order valence-corrected chi connectivity index (χ1v) is 8.49. The SMILES string of the molecule is CC(C)Cc1ccc([C@@H](C)NC(=O)c2ccc(Cl)c([N+](=O)[O-])c2)cc1. The molecule has 0 aliphatic rings. The quantitative estimate of drug-likeness (QED) is 0.585. The number of hydrogen-bond acceptors (Lipinski definition) is 3. The van der Waals surface area contributed by atoms with Crippen molar-refractivity contribution in [1.82, 2.24) is 5.32 Å². The van der Waals surface area contributed by atoms with Crippen LogP contribution in [-0.2, 0) is 6.42 Å². The van der Waals surface area contributed by atoms with E-state index in [0.29, 0.717) is 5.92 Å². The van der Waals surface area contributed by atoms with Crippen LogP contribution in [0.5, 0.6) is 0 Å². The zero-order chi connectivity index (χ0) is 18.6. The summed E-state index contributed by atoms with van der Waals surface area (Å²) in [7, 11) is 0. The molecule has 0 unspecified atom stereocenters. The largest absolute Gasteiger partial charge is 0.346 e. The van der Waals surface area contributed by atoms with Gasteiger partial charge in [-0.25, -0.2) is 0 Å². The van der Waals surface area contributed by atoms with Crippen molar-refractivity contribution in [3.05, 3.63) is 74.3 Å². The average Bonchev–Trinajstić information content (AvgIpc) is 2.54. The van der Waals surface area contributed by atoms with Crippen LogP contribution >= 0.6 is 11.6 Å². The minimum atomic E-state index is -0.601. The van der Waals surface area contributed by atoms with Crippen molar-refractivity contribution >= 4 is 23.2 Å². The van der Waals surface area contributed by atoms with E-state index in [1.165, 1.54) is 23.8 Å². The van der Waals surface area contributed by atoms with E-state index in [-0.39, 0.29) is 28.2 Å². The standard InChI is InChI=1S/C19H21ClN2O3/c1-12(2)10-14-4-6-15(7-5-14)13(3)21-19(23)16-8-9-17(20)18(11-16)22(24)25/h4-9,11-13H,10H2,1-3H3,(H,21,23)/t13-/m1/s1. The second kappa shape index (κ2) is 8.12. The topological polar surface area (TPSA) is 72.2 Å². The molecule has 5 nitrogen and oxygen atoms in total. The number of nitro groups is 1. The van der Waals surface area contributed by atoms with Gasteiger partial charge >= 0.3 is 0 Å². The van der Waals surface area contributed by atoms with Gasteiger partial charge in [0, 0.05) is 11.6 Å². The molecule has 0 spiro atoms. The fourth-order valence-electron chi connectivity index (χ4n) is 2.57. The second-order valence-corrected chi connectivity index (χ2v) is 6.87. The van der Waals surface area contributed by atoms with Crippen molar-refractivity contribution in [2.75, 3.05) is 0 Å². The van der Waals surface area contributed by atoms with Crippen LogP contribution < -0.4 is 5.32 Å². The number of hydrogen-bond donors (Lipinski definition) is 1. The lowest BCUT2D eigenvalue weighted by Crippen LogP contribution is -2.26. The molecule has 1 N–H and O–H groups in total. The summed E-state index contributed by atoms with van der Waals surface area (Å²) < 4.78 is 0. The number of carbonyl (C=O) groups excluding carboxylic acids is 1. The minimum absolute atomic E-state index is 0.00957. The monoisotopic (exact) mass is 360 g/mol. The molecule has 2 aromatic carbocycles. The van der Waals surface area contributed by atoms with Gasteiger partial charge in [0.1, 0.15) is 5.02 Å². The van der Waals surface area contributed by atoms with Gasteiger partial charge in [-0.05, 0) is 42.5 Å². The van der Waals surface area contributed by atoms with Gasteiger partial charge in [0.05, 0.1) is 11.0 Å². The van der Waals surface area contributed by atoms with Crippen molar-refractivity contribution < 1.29 is 9.72 Å². The molecule has 2 aromatic rings.